The normalized spacial score (nSPS) is 18.9. The number of carbonyl (C=O) groups is 4. The van der Waals surface area contributed by atoms with Gasteiger partial charge in [-0.15, -0.1) is 0 Å². The molecular weight excluding hydrogens is 558 g/mol. The van der Waals surface area contributed by atoms with Crippen LogP contribution in [-0.4, -0.2) is 88.8 Å². The molecule has 0 saturated carbocycles. The lowest BCUT2D eigenvalue weighted by Gasteiger charge is -2.40. The van der Waals surface area contributed by atoms with E-state index in [1.165, 1.54) is 7.05 Å². The number of aldehydes is 1. The number of nitrogens with two attached hydrogens (primary N) is 1. The molecular formula is C30H39N5O6S. The van der Waals surface area contributed by atoms with E-state index in [9.17, 15) is 23.4 Å². The minimum atomic E-state index is -1.27. The number of hydrogen-bond acceptors (Lipinski definition) is 8. The highest BCUT2D eigenvalue weighted by molar-refractivity contribution is 7.82. The van der Waals surface area contributed by atoms with Crippen LogP contribution in [0.1, 0.15) is 60.2 Å². The first-order chi connectivity index (χ1) is 20.3. The number of piperidine rings is 1. The number of hydrogen-bond donors (Lipinski definition) is 2. The zero-order valence-corrected chi connectivity index (χ0v) is 25.1. The summed E-state index contributed by atoms with van der Waals surface area (Å²) < 4.78 is 21.1. The number of ether oxygens (including phenoxy) is 1. The van der Waals surface area contributed by atoms with Gasteiger partial charge in [0.1, 0.15) is 35.2 Å². The van der Waals surface area contributed by atoms with Crippen molar-refractivity contribution in [1.82, 2.24) is 14.5 Å². The lowest BCUT2D eigenvalue weighted by molar-refractivity contribution is -0.124. The van der Waals surface area contributed by atoms with Gasteiger partial charge in [0.2, 0.25) is 5.91 Å². The summed E-state index contributed by atoms with van der Waals surface area (Å²) in [6.07, 6.45) is 2.34. The predicted octanol–water partition coefficient (Wildman–Crippen LogP) is 2.12. The molecule has 42 heavy (non-hydrogen) atoms. The second-order valence-electron chi connectivity index (χ2n) is 10.2. The molecule has 0 radical (unpaired) electrons. The number of anilines is 1. The molecule has 0 aromatic heterocycles. The summed E-state index contributed by atoms with van der Waals surface area (Å²) in [6, 6.07) is 11.5. The number of benzene rings is 2. The predicted molar refractivity (Wildman–Crippen MR) is 160 cm³/mol. The maximum atomic E-state index is 13.2. The van der Waals surface area contributed by atoms with Crippen molar-refractivity contribution in [3.63, 3.8) is 0 Å². The maximum Gasteiger partial charge on any atom is 0.262 e. The van der Waals surface area contributed by atoms with E-state index in [-0.39, 0.29) is 36.1 Å². The Labute approximate surface area is 248 Å². The maximum absolute atomic E-state index is 13.2. The van der Waals surface area contributed by atoms with Crippen molar-refractivity contribution in [3.8, 4) is 5.75 Å². The number of amides is 3. The number of nitrogens with zero attached hydrogens (tertiary/aromatic N) is 3. The highest BCUT2D eigenvalue weighted by Gasteiger charge is 2.43. The topological polar surface area (TPSA) is 142 Å². The van der Waals surface area contributed by atoms with Crippen molar-refractivity contribution in [1.29, 1.82) is 0 Å². The first-order valence-corrected chi connectivity index (χ1v) is 15.5. The molecule has 2 aromatic rings. The van der Waals surface area contributed by atoms with Crippen LogP contribution in [-0.2, 0) is 20.6 Å². The molecule has 0 spiro atoms. The van der Waals surface area contributed by atoms with Crippen LogP contribution >= 0.6 is 0 Å². The molecule has 12 heteroatoms. The number of likely N-dealkylation sites (N-methyl/N-ethyl adjacent to an activating group) is 1. The van der Waals surface area contributed by atoms with Gasteiger partial charge in [0.05, 0.1) is 29.1 Å². The highest BCUT2D eigenvalue weighted by atomic mass is 32.2. The van der Waals surface area contributed by atoms with Gasteiger partial charge in [0.25, 0.3) is 11.8 Å². The van der Waals surface area contributed by atoms with E-state index in [0.29, 0.717) is 43.1 Å². The summed E-state index contributed by atoms with van der Waals surface area (Å²) in [7, 11) is 0.158. The number of nitrogens with one attached hydrogen (secondary N) is 1. The van der Waals surface area contributed by atoms with E-state index in [0.717, 1.165) is 23.4 Å². The van der Waals surface area contributed by atoms with Crippen LogP contribution in [0, 0.1) is 0 Å². The van der Waals surface area contributed by atoms with Crippen LogP contribution in [0.4, 0.5) is 5.69 Å². The van der Waals surface area contributed by atoms with Gasteiger partial charge in [0, 0.05) is 38.3 Å². The molecule has 0 aliphatic carbocycles. The SMILES string of the molecule is CC.CNC(=O)C(CCC=O)N1C(=O)c2ccc(N3CC(Oc4cccc(S(=O)N5CCC(N)CC5)c4)C3)cc2C1=O. The van der Waals surface area contributed by atoms with Gasteiger partial charge in [-0.3, -0.25) is 19.3 Å². The summed E-state index contributed by atoms with van der Waals surface area (Å²) in [5.41, 5.74) is 7.21. The Morgan fingerprint density at radius 3 is 2.45 bits per heavy atom. The van der Waals surface area contributed by atoms with Gasteiger partial charge >= 0.3 is 0 Å². The van der Waals surface area contributed by atoms with Crippen molar-refractivity contribution in [2.75, 3.05) is 38.1 Å². The minimum Gasteiger partial charge on any atom is -0.487 e. The molecule has 226 valence electrons. The number of imide groups is 1. The molecule has 2 atom stereocenters. The number of carbonyl (C=O) groups excluding carboxylic acids is 4. The number of fused-ring (bicyclic) bond motifs is 1. The molecule has 2 saturated heterocycles. The third-order valence-corrected chi connectivity index (χ3v) is 9.07. The fourth-order valence-electron chi connectivity index (χ4n) is 5.26. The molecule has 3 amide bonds. The summed E-state index contributed by atoms with van der Waals surface area (Å²) >= 11 is 0. The second kappa shape index (κ2) is 14.0. The van der Waals surface area contributed by atoms with Crippen LogP contribution in [0.3, 0.4) is 0 Å². The fourth-order valence-corrected chi connectivity index (χ4v) is 6.51. The van der Waals surface area contributed by atoms with Crippen LogP contribution < -0.4 is 20.7 Å². The molecule has 0 bridgehead atoms. The van der Waals surface area contributed by atoms with E-state index in [4.69, 9.17) is 10.5 Å². The van der Waals surface area contributed by atoms with Crippen molar-refractivity contribution < 1.29 is 28.1 Å². The van der Waals surface area contributed by atoms with Gasteiger partial charge in [-0.1, -0.05) is 19.9 Å². The first kappa shape index (κ1) is 31.3. The molecule has 11 nitrogen and oxygen atoms in total. The van der Waals surface area contributed by atoms with Gasteiger partial charge in [-0.25, -0.2) is 8.51 Å². The molecule has 2 unspecified atom stereocenters. The molecule has 3 heterocycles. The van der Waals surface area contributed by atoms with Gasteiger partial charge in [0.15, 0.2) is 0 Å². The smallest absolute Gasteiger partial charge is 0.262 e. The van der Waals surface area contributed by atoms with Crippen molar-refractivity contribution in [3.05, 3.63) is 53.6 Å². The van der Waals surface area contributed by atoms with E-state index in [2.05, 4.69) is 5.32 Å². The van der Waals surface area contributed by atoms with Crippen molar-refractivity contribution in [2.24, 2.45) is 5.73 Å². The lowest BCUT2D eigenvalue weighted by atomic mass is 10.1. The Kier molecular flexibility index (Phi) is 10.5. The quantitative estimate of drug-likeness (QED) is 0.313. The van der Waals surface area contributed by atoms with Gasteiger partial charge in [-0.2, -0.15) is 0 Å². The molecule has 2 fully saturated rings. The minimum absolute atomic E-state index is 0.0533. The zero-order valence-electron chi connectivity index (χ0n) is 24.3. The van der Waals surface area contributed by atoms with Crippen LogP contribution in [0.15, 0.2) is 47.4 Å². The van der Waals surface area contributed by atoms with Gasteiger partial charge in [-0.05, 0) is 55.7 Å². The van der Waals surface area contributed by atoms with Crippen LogP contribution in [0.5, 0.6) is 5.75 Å². The Morgan fingerprint density at radius 1 is 1.10 bits per heavy atom. The Morgan fingerprint density at radius 2 is 1.79 bits per heavy atom. The molecule has 3 aliphatic heterocycles. The highest BCUT2D eigenvalue weighted by Crippen LogP contribution is 2.32. The van der Waals surface area contributed by atoms with E-state index in [1.54, 1.807) is 18.2 Å². The Balaban J connectivity index is 0.00000198. The second-order valence-corrected chi connectivity index (χ2v) is 11.7. The van der Waals surface area contributed by atoms with E-state index >= 15 is 0 Å². The third-order valence-electron chi connectivity index (χ3n) is 7.58. The van der Waals surface area contributed by atoms with E-state index < -0.39 is 34.7 Å². The molecule has 2 aromatic carbocycles. The average Bonchev–Trinajstić information content (AvgIpc) is 3.24. The zero-order chi connectivity index (χ0) is 30.4. The Hall–Kier alpha value is -3.61. The third kappa shape index (κ3) is 6.55. The van der Waals surface area contributed by atoms with E-state index in [1.807, 2.05) is 47.3 Å². The van der Waals surface area contributed by atoms with Crippen LogP contribution in [0.2, 0.25) is 0 Å². The van der Waals surface area contributed by atoms with Gasteiger partial charge < -0.3 is 25.5 Å². The lowest BCUT2D eigenvalue weighted by Crippen LogP contribution is -2.54. The molecule has 3 N–H and O–H groups in total. The molecule has 5 rings (SSSR count). The largest absolute Gasteiger partial charge is 0.487 e. The van der Waals surface area contributed by atoms with Crippen LogP contribution in [0.25, 0.3) is 0 Å². The standard InChI is InChI=1S/C28H33N5O6S.C2H6/c1-30-26(35)25(6-3-13-34)33-27(36)23-8-7-19(14-24(23)28(33)37)31-16-21(17-31)39-20-4-2-5-22(15-20)40(38)32-11-9-18(29)10-12-32;1-2/h2,4-5,7-8,13-15,18,21,25H,3,6,9-12,16-17,29H2,1H3,(H,30,35);1-2H3. The number of rotatable bonds is 10. The monoisotopic (exact) mass is 597 g/mol. The average molecular weight is 598 g/mol. The van der Waals surface area contributed by atoms with Crippen molar-refractivity contribution >= 4 is 40.7 Å². The molecule has 3 aliphatic rings. The summed E-state index contributed by atoms with van der Waals surface area (Å²) in [4.78, 5) is 53.2. The van der Waals surface area contributed by atoms with Crippen molar-refractivity contribution in [2.45, 2.75) is 62.6 Å². The summed E-state index contributed by atoms with van der Waals surface area (Å²) in [6.45, 7) is 6.55. The first-order valence-electron chi connectivity index (χ1n) is 14.4. The summed E-state index contributed by atoms with van der Waals surface area (Å²) in [5, 5.41) is 2.47. The fraction of sp³-hybridized carbons (Fsp3) is 0.467. The Bertz CT molecular complexity index is 1340. The summed E-state index contributed by atoms with van der Waals surface area (Å²) in [5.74, 6) is -0.937.